The number of aromatic amines is 1. The van der Waals surface area contributed by atoms with Gasteiger partial charge in [0.1, 0.15) is 6.33 Å². The molecule has 39 heavy (non-hydrogen) atoms. The molecule has 13 heteroatoms. The topological polar surface area (TPSA) is 144 Å². The second kappa shape index (κ2) is 9.40. The Morgan fingerprint density at radius 1 is 1.08 bits per heavy atom. The third-order valence-electron chi connectivity index (χ3n) is 6.88. The number of carbonyl (C=O) groups is 1. The van der Waals surface area contributed by atoms with Gasteiger partial charge in [0, 0.05) is 41.1 Å². The molecule has 3 aromatic heterocycles. The predicted octanol–water partition coefficient (Wildman–Crippen LogP) is 3.27. The maximum atomic E-state index is 13.4. The van der Waals surface area contributed by atoms with Crippen molar-refractivity contribution in [2.45, 2.75) is 18.9 Å². The van der Waals surface area contributed by atoms with Gasteiger partial charge < -0.3 is 9.67 Å². The molecule has 4 heterocycles. The zero-order valence-electron chi connectivity index (χ0n) is 20.5. The highest BCUT2D eigenvalue weighted by molar-refractivity contribution is 6.31. The van der Waals surface area contributed by atoms with Crippen molar-refractivity contribution < 1.29 is 9.90 Å². The van der Waals surface area contributed by atoms with Crippen molar-refractivity contribution in [3.63, 3.8) is 0 Å². The van der Waals surface area contributed by atoms with Crippen molar-refractivity contribution in [1.29, 1.82) is 0 Å². The zero-order valence-corrected chi connectivity index (χ0v) is 21.3. The van der Waals surface area contributed by atoms with Gasteiger partial charge in [-0.05, 0) is 77.4 Å². The summed E-state index contributed by atoms with van der Waals surface area (Å²) in [5.41, 5.74) is 4.07. The van der Waals surface area contributed by atoms with E-state index in [-0.39, 0.29) is 17.2 Å². The van der Waals surface area contributed by atoms with Crippen LogP contribution in [0.15, 0.2) is 76.6 Å². The minimum absolute atomic E-state index is 0.206. The lowest BCUT2D eigenvalue weighted by atomic mass is 10.0. The van der Waals surface area contributed by atoms with Crippen molar-refractivity contribution in [2.24, 2.45) is 0 Å². The lowest BCUT2D eigenvalue weighted by Gasteiger charge is -2.15. The van der Waals surface area contributed by atoms with E-state index in [1.165, 1.54) is 28.8 Å². The van der Waals surface area contributed by atoms with E-state index >= 15 is 0 Å². The molecule has 0 saturated carbocycles. The molecule has 5 aromatic rings. The number of amides is 1. The molecule has 1 amide bonds. The molecule has 0 unspecified atom stereocenters. The summed E-state index contributed by atoms with van der Waals surface area (Å²) in [6.07, 6.45) is 1.66. The van der Waals surface area contributed by atoms with Crippen molar-refractivity contribution in [2.75, 3.05) is 11.9 Å². The van der Waals surface area contributed by atoms with Crippen LogP contribution >= 0.6 is 11.6 Å². The maximum absolute atomic E-state index is 13.4. The molecule has 1 atom stereocenters. The number of hydrogen-bond donors (Lipinski definition) is 2. The first kappa shape index (κ1) is 24.4. The van der Waals surface area contributed by atoms with E-state index in [1.807, 2.05) is 6.07 Å². The Kier molecular flexibility index (Phi) is 5.88. The number of benzene rings is 2. The van der Waals surface area contributed by atoms with Crippen LogP contribution in [0, 0.1) is 0 Å². The fourth-order valence-electron chi connectivity index (χ4n) is 4.97. The molecule has 1 aliphatic rings. The molecular formula is C26H21ClN8O4. The van der Waals surface area contributed by atoms with Crippen LogP contribution in [0.3, 0.4) is 0 Å². The Morgan fingerprint density at radius 2 is 1.87 bits per heavy atom. The Labute approximate surface area is 225 Å². The van der Waals surface area contributed by atoms with Gasteiger partial charge in [0.15, 0.2) is 0 Å². The minimum atomic E-state index is -1.09. The van der Waals surface area contributed by atoms with Gasteiger partial charge in [0.2, 0.25) is 0 Å². The number of halogens is 1. The SMILES string of the molecule is CN(C(=O)O)c1ccc(-n2[nH]c([C@@H]3CCc4cc(-c5cc(Cl)ccc5-n5cnnn5)cc(=O)n43)cc2=O)cc1. The number of tetrazole rings is 1. The number of anilines is 1. The first-order valence-corrected chi connectivity index (χ1v) is 12.4. The molecule has 0 radical (unpaired) electrons. The van der Waals surface area contributed by atoms with E-state index in [4.69, 9.17) is 16.7 Å². The molecule has 0 saturated heterocycles. The van der Waals surface area contributed by atoms with Crippen molar-refractivity contribution >= 4 is 23.4 Å². The summed E-state index contributed by atoms with van der Waals surface area (Å²) in [7, 11) is 1.44. The standard InChI is InChI=1S/C26H21ClN8O4/c1-32(26(38)39)17-3-5-18(6-4-17)35-25(37)13-21(29-35)23-9-7-19-10-15(11-24(36)34(19)23)20-12-16(27)2-8-22(20)33-14-28-30-31-33/h2-6,8,10-14,23,29H,7,9H2,1H3,(H,38,39)/t23-/m0/s1. The molecule has 2 aromatic carbocycles. The molecular weight excluding hydrogens is 524 g/mol. The smallest absolute Gasteiger partial charge is 0.411 e. The van der Waals surface area contributed by atoms with Crippen LogP contribution in [-0.2, 0) is 6.42 Å². The predicted molar refractivity (Wildman–Crippen MR) is 143 cm³/mol. The summed E-state index contributed by atoms with van der Waals surface area (Å²) < 4.78 is 4.59. The molecule has 196 valence electrons. The average molecular weight is 545 g/mol. The van der Waals surface area contributed by atoms with Crippen molar-refractivity contribution in [3.8, 4) is 22.5 Å². The highest BCUT2D eigenvalue weighted by Gasteiger charge is 2.28. The van der Waals surface area contributed by atoms with Crippen LogP contribution in [0.1, 0.15) is 23.9 Å². The van der Waals surface area contributed by atoms with E-state index in [9.17, 15) is 14.4 Å². The van der Waals surface area contributed by atoms with Crippen LogP contribution < -0.4 is 16.0 Å². The number of nitrogens with zero attached hydrogens (tertiary/aromatic N) is 7. The Balaban J connectivity index is 1.35. The van der Waals surface area contributed by atoms with Crippen LogP contribution in [0.2, 0.25) is 5.02 Å². The number of fused-ring (bicyclic) bond motifs is 1. The van der Waals surface area contributed by atoms with E-state index in [0.29, 0.717) is 46.2 Å². The van der Waals surface area contributed by atoms with Crippen molar-refractivity contribution in [1.82, 2.24) is 34.6 Å². The van der Waals surface area contributed by atoms with Gasteiger partial charge in [-0.2, -0.15) is 4.68 Å². The van der Waals surface area contributed by atoms with Gasteiger partial charge in [0.05, 0.1) is 23.1 Å². The summed E-state index contributed by atoms with van der Waals surface area (Å²) >= 11 is 6.29. The number of carboxylic acid groups (broad SMARTS) is 1. The van der Waals surface area contributed by atoms with Gasteiger partial charge in [-0.1, -0.05) is 11.6 Å². The average Bonchev–Trinajstić information content (AvgIpc) is 3.68. The van der Waals surface area contributed by atoms with Gasteiger partial charge in [-0.3, -0.25) is 19.6 Å². The van der Waals surface area contributed by atoms with Gasteiger partial charge in [-0.25, -0.2) is 9.48 Å². The fraction of sp³-hybridized carbons (Fsp3) is 0.154. The first-order valence-electron chi connectivity index (χ1n) is 12.0. The number of H-pyrrole nitrogens is 1. The number of hydrogen-bond acceptors (Lipinski definition) is 6. The molecule has 0 spiro atoms. The largest absolute Gasteiger partial charge is 0.465 e. The van der Waals surface area contributed by atoms with E-state index < -0.39 is 6.09 Å². The summed E-state index contributed by atoms with van der Waals surface area (Å²) in [6.45, 7) is 0. The highest BCUT2D eigenvalue weighted by atomic mass is 35.5. The molecule has 1 aliphatic heterocycles. The Hall–Kier alpha value is -4.97. The lowest BCUT2D eigenvalue weighted by molar-refractivity contribution is 0.203. The van der Waals surface area contributed by atoms with Crippen LogP contribution in [-0.4, -0.2) is 52.8 Å². The molecule has 12 nitrogen and oxygen atoms in total. The highest BCUT2D eigenvalue weighted by Crippen LogP contribution is 2.34. The van der Waals surface area contributed by atoms with Gasteiger partial charge in [-0.15, -0.1) is 5.10 Å². The summed E-state index contributed by atoms with van der Waals surface area (Å²) in [5, 5.41) is 24.2. The minimum Gasteiger partial charge on any atom is -0.465 e. The van der Waals surface area contributed by atoms with Gasteiger partial charge in [0.25, 0.3) is 11.1 Å². The third kappa shape index (κ3) is 4.30. The maximum Gasteiger partial charge on any atom is 0.411 e. The number of aromatic nitrogens is 7. The monoisotopic (exact) mass is 544 g/mol. The lowest BCUT2D eigenvalue weighted by Crippen LogP contribution is -2.24. The molecule has 6 rings (SSSR count). The summed E-state index contributed by atoms with van der Waals surface area (Å²) in [4.78, 5) is 38.5. The number of aryl methyl sites for hydroxylation is 1. The summed E-state index contributed by atoms with van der Waals surface area (Å²) in [6, 6.07) is 16.5. The fourth-order valence-corrected chi connectivity index (χ4v) is 5.14. The number of pyridine rings is 1. The van der Waals surface area contributed by atoms with E-state index in [2.05, 4.69) is 20.6 Å². The second-order valence-corrected chi connectivity index (χ2v) is 9.59. The van der Waals surface area contributed by atoms with Gasteiger partial charge >= 0.3 is 6.09 Å². The quantitative estimate of drug-likeness (QED) is 0.345. The van der Waals surface area contributed by atoms with Crippen LogP contribution in [0.4, 0.5) is 10.5 Å². The zero-order chi connectivity index (χ0) is 27.3. The van der Waals surface area contributed by atoms with Crippen molar-refractivity contribution in [3.05, 3.63) is 104 Å². The Bertz CT molecular complexity index is 1820. The first-order chi connectivity index (χ1) is 18.8. The Morgan fingerprint density at radius 3 is 2.59 bits per heavy atom. The molecule has 2 N–H and O–H groups in total. The molecule has 0 aliphatic carbocycles. The molecule has 0 bridgehead atoms. The number of rotatable bonds is 5. The third-order valence-corrected chi connectivity index (χ3v) is 7.12. The van der Waals surface area contributed by atoms with Crippen LogP contribution in [0.5, 0.6) is 0 Å². The van der Waals surface area contributed by atoms with E-state index in [1.54, 1.807) is 53.1 Å². The second-order valence-electron chi connectivity index (χ2n) is 9.16. The van der Waals surface area contributed by atoms with E-state index in [0.717, 1.165) is 16.2 Å². The normalized spacial score (nSPS) is 14.4. The number of nitrogens with one attached hydrogen (secondary N) is 1. The van der Waals surface area contributed by atoms with Crippen LogP contribution in [0.25, 0.3) is 22.5 Å². The summed E-state index contributed by atoms with van der Waals surface area (Å²) in [5.74, 6) is 0. The molecule has 0 fully saturated rings.